The predicted molar refractivity (Wildman–Crippen MR) is 67.5 cm³/mol. The highest BCUT2D eigenvalue weighted by atomic mass is 14.9. The van der Waals surface area contributed by atoms with Gasteiger partial charge < -0.3 is 5.32 Å². The summed E-state index contributed by atoms with van der Waals surface area (Å²) in [6, 6.07) is 10.4. The van der Waals surface area contributed by atoms with E-state index in [2.05, 4.69) is 42.3 Å². The topological polar surface area (TPSA) is 24.9 Å². The van der Waals surface area contributed by atoms with E-state index in [1.54, 1.807) is 0 Å². The molecule has 0 fully saturated rings. The molecule has 0 aliphatic rings. The molecular formula is C14H16N2. The van der Waals surface area contributed by atoms with Crippen LogP contribution in [0.2, 0.25) is 0 Å². The van der Waals surface area contributed by atoms with E-state index in [0.29, 0.717) is 0 Å². The molecule has 0 radical (unpaired) electrons. The minimum atomic E-state index is 0.841. The maximum absolute atomic E-state index is 4.01. The van der Waals surface area contributed by atoms with Crippen LogP contribution in [0.5, 0.6) is 0 Å². The number of aromatic nitrogens is 1. The molecule has 2 aromatic rings. The largest absolute Gasteiger partial charge is 0.381 e. The molecule has 2 rings (SSSR count). The summed E-state index contributed by atoms with van der Waals surface area (Å²) in [6.07, 6.45) is 3.64. The molecule has 0 amide bonds. The van der Waals surface area contributed by atoms with E-state index in [1.807, 2.05) is 24.5 Å². The average Bonchev–Trinajstić information content (AvgIpc) is 2.30. The zero-order chi connectivity index (χ0) is 11.4. The summed E-state index contributed by atoms with van der Waals surface area (Å²) in [5, 5.41) is 3.47. The van der Waals surface area contributed by atoms with Gasteiger partial charge in [0.1, 0.15) is 0 Å². The van der Waals surface area contributed by atoms with Crippen LogP contribution < -0.4 is 5.32 Å². The van der Waals surface area contributed by atoms with E-state index in [4.69, 9.17) is 0 Å². The minimum Gasteiger partial charge on any atom is -0.381 e. The Hall–Kier alpha value is -1.83. The number of nitrogens with one attached hydrogen (secondary N) is 1. The third kappa shape index (κ3) is 2.40. The highest BCUT2D eigenvalue weighted by Gasteiger charge is 2.00. The van der Waals surface area contributed by atoms with Gasteiger partial charge in [0.05, 0.1) is 0 Å². The molecule has 0 aliphatic carbocycles. The van der Waals surface area contributed by atoms with Crippen molar-refractivity contribution >= 4 is 5.69 Å². The normalized spacial score (nSPS) is 10.1. The van der Waals surface area contributed by atoms with Gasteiger partial charge >= 0.3 is 0 Å². The number of hydrogen-bond donors (Lipinski definition) is 1. The van der Waals surface area contributed by atoms with Crippen molar-refractivity contribution in [3.05, 3.63) is 59.4 Å². The van der Waals surface area contributed by atoms with Crippen LogP contribution in [-0.4, -0.2) is 4.98 Å². The molecule has 1 N–H and O–H groups in total. The van der Waals surface area contributed by atoms with Gasteiger partial charge in [-0.3, -0.25) is 4.98 Å². The van der Waals surface area contributed by atoms with Crippen molar-refractivity contribution in [3.63, 3.8) is 0 Å². The first-order chi connectivity index (χ1) is 7.77. The van der Waals surface area contributed by atoms with Gasteiger partial charge in [0.15, 0.2) is 0 Å². The van der Waals surface area contributed by atoms with E-state index < -0.39 is 0 Å². The molecule has 1 heterocycles. The summed E-state index contributed by atoms with van der Waals surface area (Å²) in [5.74, 6) is 0. The summed E-state index contributed by atoms with van der Waals surface area (Å²) < 4.78 is 0. The van der Waals surface area contributed by atoms with Crippen LogP contribution >= 0.6 is 0 Å². The van der Waals surface area contributed by atoms with Crippen molar-refractivity contribution in [2.45, 2.75) is 20.4 Å². The van der Waals surface area contributed by atoms with Crippen LogP contribution in [0.3, 0.4) is 0 Å². The van der Waals surface area contributed by atoms with Gasteiger partial charge in [0.25, 0.3) is 0 Å². The first kappa shape index (κ1) is 10.7. The molecule has 82 valence electrons. The second-order valence-corrected chi connectivity index (χ2v) is 3.98. The molecule has 0 unspecified atom stereocenters. The average molecular weight is 212 g/mol. The molecule has 2 heteroatoms. The first-order valence-corrected chi connectivity index (χ1v) is 5.46. The van der Waals surface area contributed by atoms with Crippen LogP contribution in [0, 0.1) is 13.8 Å². The summed E-state index contributed by atoms with van der Waals surface area (Å²) in [4.78, 5) is 4.01. The third-order valence-electron chi connectivity index (χ3n) is 2.70. The van der Waals surface area contributed by atoms with Crippen molar-refractivity contribution in [2.75, 3.05) is 5.32 Å². The van der Waals surface area contributed by atoms with Crippen LogP contribution in [0.4, 0.5) is 5.69 Å². The summed E-state index contributed by atoms with van der Waals surface area (Å²) >= 11 is 0. The lowest BCUT2D eigenvalue weighted by Gasteiger charge is -2.12. The van der Waals surface area contributed by atoms with Gasteiger partial charge in [0.2, 0.25) is 0 Å². The summed E-state index contributed by atoms with van der Waals surface area (Å²) in [6.45, 7) is 5.10. The van der Waals surface area contributed by atoms with E-state index in [1.165, 1.54) is 22.4 Å². The molecule has 0 bridgehead atoms. The lowest BCUT2D eigenvalue weighted by Crippen LogP contribution is -2.02. The molecule has 16 heavy (non-hydrogen) atoms. The molecular weight excluding hydrogens is 196 g/mol. The smallest absolute Gasteiger partial charge is 0.0402 e. The van der Waals surface area contributed by atoms with Gasteiger partial charge in [-0.25, -0.2) is 0 Å². The lowest BCUT2D eigenvalue weighted by atomic mass is 10.1. The van der Waals surface area contributed by atoms with Crippen LogP contribution in [0.15, 0.2) is 42.7 Å². The molecule has 2 nitrogen and oxygen atoms in total. The fourth-order valence-electron chi connectivity index (χ4n) is 1.78. The standard InChI is InChI=1S/C14H16N2/c1-11-4-3-5-12(2)14(11)16-10-13-6-8-15-9-7-13/h3-9,16H,10H2,1-2H3. The number of pyridine rings is 1. The van der Waals surface area contributed by atoms with Crippen LogP contribution in [-0.2, 0) is 6.54 Å². The highest BCUT2D eigenvalue weighted by molar-refractivity contribution is 5.56. The summed E-state index contributed by atoms with van der Waals surface area (Å²) in [5.41, 5.74) is 5.06. The van der Waals surface area contributed by atoms with Crippen molar-refractivity contribution in [3.8, 4) is 0 Å². The molecule has 1 aromatic carbocycles. The van der Waals surface area contributed by atoms with Crippen molar-refractivity contribution < 1.29 is 0 Å². The number of hydrogen-bond acceptors (Lipinski definition) is 2. The second-order valence-electron chi connectivity index (χ2n) is 3.98. The van der Waals surface area contributed by atoms with Gasteiger partial charge in [-0.1, -0.05) is 18.2 Å². The number of benzene rings is 1. The highest BCUT2D eigenvalue weighted by Crippen LogP contribution is 2.19. The Bertz CT molecular complexity index is 443. The van der Waals surface area contributed by atoms with Gasteiger partial charge in [0, 0.05) is 24.6 Å². The number of anilines is 1. The number of para-hydroxylation sites is 1. The SMILES string of the molecule is Cc1cccc(C)c1NCc1ccncc1. The van der Waals surface area contributed by atoms with E-state index >= 15 is 0 Å². The predicted octanol–water partition coefficient (Wildman–Crippen LogP) is 3.31. The Kier molecular flexibility index (Phi) is 3.20. The molecule has 0 atom stereocenters. The number of rotatable bonds is 3. The van der Waals surface area contributed by atoms with Crippen molar-refractivity contribution in [1.82, 2.24) is 4.98 Å². The number of aryl methyl sites for hydroxylation is 2. The fourth-order valence-corrected chi connectivity index (χ4v) is 1.78. The monoisotopic (exact) mass is 212 g/mol. The first-order valence-electron chi connectivity index (χ1n) is 5.46. The Morgan fingerprint density at radius 3 is 2.25 bits per heavy atom. The zero-order valence-electron chi connectivity index (χ0n) is 9.70. The second kappa shape index (κ2) is 4.79. The van der Waals surface area contributed by atoms with Crippen LogP contribution in [0.25, 0.3) is 0 Å². The van der Waals surface area contributed by atoms with Crippen LogP contribution in [0.1, 0.15) is 16.7 Å². The molecule has 0 aliphatic heterocycles. The van der Waals surface area contributed by atoms with E-state index in [9.17, 15) is 0 Å². The van der Waals surface area contributed by atoms with Gasteiger partial charge in [-0.2, -0.15) is 0 Å². The molecule has 0 saturated carbocycles. The van der Waals surface area contributed by atoms with Crippen molar-refractivity contribution in [1.29, 1.82) is 0 Å². The molecule has 0 saturated heterocycles. The van der Waals surface area contributed by atoms with E-state index in [0.717, 1.165) is 6.54 Å². The Labute approximate surface area is 96.4 Å². The van der Waals surface area contributed by atoms with Crippen molar-refractivity contribution in [2.24, 2.45) is 0 Å². The zero-order valence-corrected chi connectivity index (χ0v) is 9.70. The fraction of sp³-hybridized carbons (Fsp3) is 0.214. The Balaban J connectivity index is 2.11. The van der Waals surface area contributed by atoms with Gasteiger partial charge in [-0.05, 0) is 42.7 Å². The molecule has 0 spiro atoms. The maximum atomic E-state index is 4.01. The lowest BCUT2D eigenvalue weighted by molar-refractivity contribution is 1.11. The number of nitrogens with zero attached hydrogens (tertiary/aromatic N) is 1. The Morgan fingerprint density at radius 1 is 1.00 bits per heavy atom. The Morgan fingerprint density at radius 2 is 1.62 bits per heavy atom. The maximum Gasteiger partial charge on any atom is 0.0402 e. The van der Waals surface area contributed by atoms with Gasteiger partial charge in [-0.15, -0.1) is 0 Å². The summed E-state index contributed by atoms with van der Waals surface area (Å²) in [7, 11) is 0. The van der Waals surface area contributed by atoms with E-state index in [-0.39, 0.29) is 0 Å². The quantitative estimate of drug-likeness (QED) is 0.844. The minimum absolute atomic E-state index is 0.841. The third-order valence-corrected chi connectivity index (χ3v) is 2.70. The molecule has 1 aromatic heterocycles.